The first-order valence-electron chi connectivity index (χ1n) is 13.1. The normalized spacial score (nSPS) is 20.4. The Morgan fingerprint density at radius 2 is 1.17 bits per heavy atom. The number of fused-ring (bicyclic) bond motifs is 7. The van der Waals surface area contributed by atoms with E-state index in [0.29, 0.717) is 11.8 Å². The van der Waals surface area contributed by atoms with E-state index in [1.807, 2.05) is 0 Å². The Morgan fingerprint density at radius 3 is 1.69 bits per heavy atom. The van der Waals surface area contributed by atoms with Crippen molar-refractivity contribution in [2.75, 3.05) is 13.2 Å². The molecule has 1 aliphatic heterocycles. The van der Waals surface area contributed by atoms with E-state index in [0.717, 1.165) is 41.8 Å². The van der Waals surface area contributed by atoms with Gasteiger partial charge in [-0.25, -0.2) is 0 Å². The molecule has 184 valence electrons. The van der Waals surface area contributed by atoms with Gasteiger partial charge in [-0.15, -0.1) is 0 Å². The van der Waals surface area contributed by atoms with Gasteiger partial charge < -0.3 is 9.47 Å². The molecule has 1 saturated carbocycles. The minimum absolute atomic E-state index is 0. The Morgan fingerprint density at radius 1 is 0.657 bits per heavy atom. The third-order valence-electron chi connectivity index (χ3n) is 8.19. The van der Waals surface area contributed by atoms with Crippen LogP contribution in [0.2, 0.25) is 0 Å². The molecule has 0 unspecified atom stereocenters. The first kappa shape index (κ1) is 23.7. The van der Waals surface area contributed by atoms with Crippen LogP contribution >= 0.6 is 0 Å². The van der Waals surface area contributed by atoms with Gasteiger partial charge in [0.15, 0.2) is 0 Å². The fraction of sp³-hybridized carbons (Fsp3) is 0.394. The van der Waals surface area contributed by atoms with Crippen molar-refractivity contribution in [2.24, 2.45) is 17.8 Å². The summed E-state index contributed by atoms with van der Waals surface area (Å²) in [5.74, 6) is 3.97. The van der Waals surface area contributed by atoms with E-state index in [1.54, 1.807) is 0 Å². The van der Waals surface area contributed by atoms with E-state index in [4.69, 9.17) is 9.47 Å². The van der Waals surface area contributed by atoms with E-state index < -0.39 is 0 Å². The Kier molecular flexibility index (Phi) is 7.00. The van der Waals surface area contributed by atoms with Crippen LogP contribution in [0, 0.1) is 17.8 Å². The lowest BCUT2D eigenvalue weighted by Gasteiger charge is -2.33. The van der Waals surface area contributed by atoms with Crippen LogP contribution in [0.15, 0.2) is 72.8 Å². The van der Waals surface area contributed by atoms with Crippen LogP contribution in [-0.4, -0.2) is 13.2 Å². The Hall–Kier alpha value is -3.00. The fourth-order valence-electron chi connectivity index (χ4n) is 6.33. The van der Waals surface area contributed by atoms with Crippen molar-refractivity contribution in [3.63, 3.8) is 0 Å². The second-order valence-electron chi connectivity index (χ2n) is 10.3. The maximum atomic E-state index is 6.68. The molecule has 0 saturated heterocycles. The molecular formula is C33H40O2. The molecule has 1 aliphatic carbocycles. The molecule has 4 aromatic carbocycles. The maximum absolute atomic E-state index is 6.68. The van der Waals surface area contributed by atoms with E-state index in [9.17, 15) is 0 Å². The first-order chi connectivity index (χ1) is 16.8. The van der Waals surface area contributed by atoms with Gasteiger partial charge >= 0.3 is 0 Å². The number of rotatable bonds is 3. The zero-order chi connectivity index (χ0) is 22.9. The van der Waals surface area contributed by atoms with Crippen LogP contribution in [0.1, 0.15) is 54.3 Å². The molecule has 0 radical (unpaired) electrons. The second-order valence-corrected chi connectivity index (χ2v) is 10.3. The van der Waals surface area contributed by atoms with E-state index in [1.165, 1.54) is 60.1 Å². The molecule has 35 heavy (non-hydrogen) atoms. The average Bonchev–Trinajstić information content (AvgIpc) is 2.97. The molecular weight excluding hydrogens is 428 g/mol. The summed E-state index contributed by atoms with van der Waals surface area (Å²) >= 11 is 0. The highest BCUT2D eigenvalue weighted by Gasteiger charge is 2.30. The van der Waals surface area contributed by atoms with Gasteiger partial charge in [-0.1, -0.05) is 101 Å². The molecule has 0 spiro atoms. The minimum atomic E-state index is 0. The molecule has 2 aliphatic rings. The Bertz CT molecular complexity index is 1220. The Balaban J connectivity index is 0.00000152. The predicted octanol–water partition coefficient (Wildman–Crippen LogP) is 9.54. The zero-order valence-corrected chi connectivity index (χ0v) is 20.1. The molecule has 0 atom stereocenters. The number of benzene rings is 4. The predicted molar refractivity (Wildman–Crippen MR) is 151 cm³/mol. The number of hydrogen-bond donors (Lipinski definition) is 0. The van der Waals surface area contributed by atoms with Gasteiger partial charge in [0, 0.05) is 18.5 Å². The summed E-state index contributed by atoms with van der Waals surface area (Å²) in [5.41, 5.74) is 2.33. The molecule has 0 aromatic heterocycles. The largest absolute Gasteiger partial charge is 0.492 e. The van der Waals surface area contributed by atoms with Gasteiger partial charge in [0.1, 0.15) is 11.5 Å². The third kappa shape index (κ3) is 4.51. The monoisotopic (exact) mass is 468 g/mol. The van der Waals surface area contributed by atoms with Gasteiger partial charge in [0.05, 0.1) is 13.2 Å². The van der Waals surface area contributed by atoms with Crippen LogP contribution in [0.5, 0.6) is 11.5 Å². The van der Waals surface area contributed by atoms with Gasteiger partial charge in [0.2, 0.25) is 0 Å². The van der Waals surface area contributed by atoms with Crippen molar-refractivity contribution in [1.29, 1.82) is 0 Å². The van der Waals surface area contributed by atoms with Crippen molar-refractivity contribution in [3.05, 3.63) is 72.8 Å². The lowest BCUT2D eigenvalue weighted by Crippen LogP contribution is -2.30. The van der Waals surface area contributed by atoms with Gasteiger partial charge in [-0.3, -0.25) is 0 Å². The highest BCUT2D eigenvalue weighted by molar-refractivity contribution is 6.09. The van der Waals surface area contributed by atoms with E-state index in [2.05, 4.69) is 79.7 Å². The van der Waals surface area contributed by atoms with Crippen molar-refractivity contribution < 1.29 is 10.9 Å². The topological polar surface area (TPSA) is 18.5 Å². The minimum Gasteiger partial charge on any atom is -0.492 e. The SMILES string of the molecule is C.CCCC1CCC(C2COc3ccc4ccccc4c3-c3c(ccc4ccccc34)OC2)CC1.[HH]. The second kappa shape index (κ2) is 10.3. The van der Waals surface area contributed by atoms with Crippen molar-refractivity contribution in [2.45, 2.75) is 52.9 Å². The summed E-state index contributed by atoms with van der Waals surface area (Å²) in [4.78, 5) is 0. The first-order valence-corrected chi connectivity index (χ1v) is 13.1. The summed E-state index contributed by atoms with van der Waals surface area (Å²) in [6.07, 6.45) is 8.01. The smallest absolute Gasteiger partial charge is 0.127 e. The molecule has 2 heteroatoms. The van der Waals surface area contributed by atoms with Crippen LogP contribution in [-0.2, 0) is 0 Å². The quantitative estimate of drug-likeness (QED) is 0.298. The fourth-order valence-corrected chi connectivity index (χ4v) is 6.33. The molecule has 2 nitrogen and oxygen atoms in total. The lowest BCUT2D eigenvalue weighted by atomic mass is 9.75. The summed E-state index contributed by atoms with van der Waals surface area (Å²) < 4.78 is 13.4. The third-order valence-corrected chi connectivity index (χ3v) is 8.19. The molecule has 4 aromatic rings. The lowest BCUT2D eigenvalue weighted by molar-refractivity contribution is 0.0983. The van der Waals surface area contributed by atoms with Crippen LogP contribution in [0.3, 0.4) is 0 Å². The number of hydrogen-bond acceptors (Lipinski definition) is 2. The van der Waals surface area contributed by atoms with Crippen LogP contribution in [0.4, 0.5) is 0 Å². The van der Waals surface area contributed by atoms with Crippen LogP contribution < -0.4 is 9.47 Å². The molecule has 6 rings (SSSR count). The standard InChI is InChI=1S/C32H34O2.CH4.H2/c1-2-7-22-12-14-23(15-13-22)26-20-33-29-18-16-24-8-3-5-10-27(24)31(29)32-28-11-6-4-9-25(28)17-19-30(32)34-21-26;;/h3-6,8-11,16-19,22-23,26H,2,7,12-15,20-21H2,1H3;1H4;1H. The molecule has 1 fully saturated rings. The molecule has 0 amide bonds. The van der Waals surface area contributed by atoms with Gasteiger partial charge in [-0.2, -0.15) is 0 Å². The molecule has 1 heterocycles. The average molecular weight is 469 g/mol. The molecule has 0 bridgehead atoms. The highest BCUT2D eigenvalue weighted by Crippen LogP contribution is 2.47. The van der Waals surface area contributed by atoms with Gasteiger partial charge in [-0.05, 0) is 58.4 Å². The van der Waals surface area contributed by atoms with Crippen LogP contribution in [0.25, 0.3) is 32.7 Å². The summed E-state index contributed by atoms with van der Waals surface area (Å²) in [6.45, 7) is 3.76. The van der Waals surface area contributed by atoms with E-state index >= 15 is 0 Å². The number of ether oxygens (including phenoxy) is 2. The maximum Gasteiger partial charge on any atom is 0.127 e. The summed E-state index contributed by atoms with van der Waals surface area (Å²) in [6, 6.07) is 26.0. The van der Waals surface area contributed by atoms with Gasteiger partial charge in [0.25, 0.3) is 0 Å². The Labute approximate surface area is 211 Å². The summed E-state index contributed by atoms with van der Waals surface area (Å²) in [5, 5.41) is 4.90. The van der Waals surface area contributed by atoms with Crippen molar-refractivity contribution in [3.8, 4) is 22.6 Å². The summed E-state index contributed by atoms with van der Waals surface area (Å²) in [7, 11) is 0. The zero-order valence-electron chi connectivity index (χ0n) is 20.1. The highest BCUT2D eigenvalue weighted by atomic mass is 16.5. The van der Waals surface area contributed by atoms with E-state index in [-0.39, 0.29) is 8.85 Å². The molecule has 0 N–H and O–H groups in total. The van der Waals surface area contributed by atoms with Crippen molar-refractivity contribution in [1.82, 2.24) is 0 Å². The van der Waals surface area contributed by atoms with Crippen molar-refractivity contribution >= 4 is 21.5 Å².